The summed E-state index contributed by atoms with van der Waals surface area (Å²) in [5.74, 6) is 0.126. The van der Waals surface area contributed by atoms with Gasteiger partial charge in [0, 0.05) is 5.39 Å². The smallest absolute Gasteiger partial charge is 0.225 e. The fourth-order valence-electron chi connectivity index (χ4n) is 3.21. The monoisotopic (exact) mass is 371 g/mol. The number of quaternary nitrogens is 1. The quantitative estimate of drug-likeness (QED) is 0.691. The van der Waals surface area contributed by atoms with Crippen LogP contribution in [0.15, 0.2) is 58.8 Å². The number of rotatable bonds is 4. The number of hydrogen-bond acceptors (Lipinski definition) is 4. The fraction of sp³-hybridized carbons (Fsp3) is 0.263. The van der Waals surface area contributed by atoms with Crippen molar-refractivity contribution < 1.29 is 14.7 Å². The van der Waals surface area contributed by atoms with E-state index in [0.29, 0.717) is 23.1 Å². The molecule has 1 aliphatic rings. The number of hydrogen-bond donors (Lipinski definition) is 2. The van der Waals surface area contributed by atoms with Gasteiger partial charge in [0.1, 0.15) is 18.8 Å². The third-order valence-corrected chi connectivity index (χ3v) is 4.93. The van der Waals surface area contributed by atoms with Crippen molar-refractivity contribution >= 4 is 33.9 Å². The van der Waals surface area contributed by atoms with Crippen molar-refractivity contribution in [1.29, 1.82) is 0 Å². The number of aromatic nitrogens is 1. The van der Waals surface area contributed by atoms with Gasteiger partial charge in [-0.2, -0.15) is 0 Å². The van der Waals surface area contributed by atoms with Crippen LogP contribution in [0, 0.1) is 0 Å². The molecule has 0 aliphatic carbocycles. The number of fused-ring (bicyclic) bond motifs is 1. The molecule has 0 unspecified atom stereocenters. The molecule has 1 saturated heterocycles. The van der Waals surface area contributed by atoms with E-state index in [2.05, 4.69) is 10.2 Å². The summed E-state index contributed by atoms with van der Waals surface area (Å²) in [6.07, 6.45) is 0. The highest BCUT2D eigenvalue weighted by atomic mass is 35.5. The van der Waals surface area contributed by atoms with Crippen molar-refractivity contribution in [1.82, 2.24) is 4.57 Å². The van der Waals surface area contributed by atoms with Gasteiger partial charge in [0.15, 0.2) is 12.4 Å². The highest BCUT2D eigenvalue weighted by Gasteiger charge is 2.21. The molecule has 0 radical (unpaired) electrons. The highest BCUT2D eigenvalue weighted by Crippen LogP contribution is 2.39. The van der Waals surface area contributed by atoms with Crippen molar-refractivity contribution in [3.05, 3.63) is 53.6 Å². The number of nitrogens with zero attached hydrogens (tertiary/aromatic N) is 3. The molecule has 7 heteroatoms. The minimum atomic E-state index is 0.126. The minimum absolute atomic E-state index is 0.126. The Balaban J connectivity index is 1.73. The third-order valence-electron chi connectivity index (χ3n) is 4.61. The Morgan fingerprint density at radius 1 is 1.04 bits per heavy atom. The first-order valence-corrected chi connectivity index (χ1v) is 8.99. The van der Waals surface area contributed by atoms with Crippen molar-refractivity contribution in [2.75, 3.05) is 26.3 Å². The molecule has 0 bridgehead atoms. The molecular weight excluding hydrogens is 352 g/mol. The Bertz CT molecular complexity index is 948. The number of azo groups is 1. The normalized spacial score (nSPS) is 15.9. The van der Waals surface area contributed by atoms with Crippen LogP contribution in [0.2, 0.25) is 5.02 Å². The molecule has 26 heavy (non-hydrogen) atoms. The average Bonchev–Trinajstić information content (AvgIpc) is 2.94. The largest absolute Gasteiger partial charge is 0.493 e. The van der Waals surface area contributed by atoms with Crippen LogP contribution >= 0.6 is 11.6 Å². The van der Waals surface area contributed by atoms with Crippen molar-refractivity contribution in [2.45, 2.75) is 6.67 Å². The van der Waals surface area contributed by atoms with E-state index in [4.69, 9.17) is 16.3 Å². The molecular formula is C19H20ClN4O2+. The number of ether oxygens (including phenoxy) is 1. The molecule has 6 nitrogen and oxygen atoms in total. The van der Waals surface area contributed by atoms with Gasteiger partial charge in [0.2, 0.25) is 5.88 Å². The van der Waals surface area contributed by atoms with E-state index in [0.717, 1.165) is 37.2 Å². The second kappa shape index (κ2) is 7.45. The third kappa shape index (κ3) is 3.31. The highest BCUT2D eigenvalue weighted by molar-refractivity contribution is 6.32. The topological polar surface area (TPSA) is 63.5 Å². The lowest BCUT2D eigenvalue weighted by atomic mass is 10.2. The summed E-state index contributed by atoms with van der Waals surface area (Å²) in [4.78, 5) is 1.36. The number of halogens is 1. The zero-order valence-electron chi connectivity index (χ0n) is 14.2. The minimum Gasteiger partial charge on any atom is -0.493 e. The van der Waals surface area contributed by atoms with Crippen LogP contribution in [0.4, 0.5) is 11.4 Å². The standard InChI is InChI=1S/C19H19ClN4O2/c20-15-6-2-3-7-16(15)21-22-18-14-5-1-4-8-17(14)24(19(18)25)13-23-9-11-26-12-10-23/h1-8,25H,9-13H2/p+1. The van der Waals surface area contributed by atoms with Crippen LogP contribution in [-0.4, -0.2) is 36.0 Å². The Morgan fingerprint density at radius 3 is 2.58 bits per heavy atom. The van der Waals surface area contributed by atoms with Gasteiger partial charge in [0.25, 0.3) is 0 Å². The van der Waals surface area contributed by atoms with Gasteiger partial charge < -0.3 is 14.7 Å². The molecule has 1 fully saturated rings. The van der Waals surface area contributed by atoms with E-state index in [1.807, 2.05) is 41.0 Å². The summed E-state index contributed by atoms with van der Waals surface area (Å²) < 4.78 is 7.32. The van der Waals surface area contributed by atoms with Gasteiger partial charge >= 0.3 is 0 Å². The van der Waals surface area contributed by atoms with Crippen molar-refractivity contribution in [2.24, 2.45) is 10.2 Å². The fourth-order valence-corrected chi connectivity index (χ4v) is 3.38. The van der Waals surface area contributed by atoms with Gasteiger partial charge in [-0.25, -0.2) is 0 Å². The predicted molar refractivity (Wildman–Crippen MR) is 101 cm³/mol. The molecule has 4 rings (SSSR count). The van der Waals surface area contributed by atoms with E-state index >= 15 is 0 Å². The summed E-state index contributed by atoms with van der Waals surface area (Å²) in [6.45, 7) is 3.99. The lowest BCUT2D eigenvalue weighted by Gasteiger charge is -2.24. The number of aromatic hydroxyl groups is 1. The molecule has 1 aromatic heterocycles. The van der Waals surface area contributed by atoms with E-state index < -0.39 is 0 Å². The summed E-state index contributed by atoms with van der Waals surface area (Å²) in [5.41, 5.74) is 1.98. The molecule has 0 saturated carbocycles. The van der Waals surface area contributed by atoms with E-state index in [1.165, 1.54) is 4.90 Å². The zero-order chi connectivity index (χ0) is 17.9. The Morgan fingerprint density at radius 2 is 1.77 bits per heavy atom. The molecule has 2 aromatic carbocycles. The SMILES string of the molecule is Oc1c(N=Nc2ccccc2Cl)c2ccccc2n1C[NH+]1CCOCC1. The molecule has 2 heterocycles. The second-order valence-electron chi connectivity index (χ2n) is 6.29. The maximum atomic E-state index is 10.8. The number of nitrogens with one attached hydrogen (secondary N) is 1. The average molecular weight is 372 g/mol. The number of morpholine rings is 1. The Kier molecular flexibility index (Phi) is 4.88. The first-order chi connectivity index (χ1) is 12.7. The molecule has 2 N–H and O–H groups in total. The summed E-state index contributed by atoms with van der Waals surface area (Å²) in [5, 5.41) is 20.8. The molecule has 0 amide bonds. The van der Waals surface area contributed by atoms with Crippen molar-refractivity contribution in [3.8, 4) is 5.88 Å². The molecule has 0 spiro atoms. The maximum absolute atomic E-state index is 10.8. The van der Waals surface area contributed by atoms with Crippen molar-refractivity contribution in [3.63, 3.8) is 0 Å². The maximum Gasteiger partial charge on any atom is 0.225 e. The molecule has 1 aliphatic heterocycles. The molecule has 3 aromatic rings. The van der Waals surface area contributed by atoms with E-state index in [9.17, 15) is 5.11 Å². The van der Waals surface area contributed by atoms with Crippen LogP contribution in [-0.2, 0) is 11.4 Å². The summed E-state index contributed by atoms with van der Waals surface area (Å²) in [7, 11) is 0. The Hall–Kier alpha value is -2.41. The number of para-hydroxylation sites is 1. The van der Waals surface area contributed by atoms with Gasteiger partial charge in [-0.05, 0) is 18.2 Å². The zero-order valence-corrected chi connectivity index (χ0v) is 15.0. The van der Waals surface area contributed by atoms with E-state index in [-0.39, 0.29) is 5.88 Å². The predicted octanol–water partition coefficient (Wildman–Crippen LogP) is 3.29. The first-order valence-electron chi connectivity index (χ1n) is 8.62. The molecule has 134 valence electrons. The summed E-state index contributed by atoms with van der Waals surface area (Å²) >= 11 is 6.15. The second-order valence-corrected chi connectivity index (χ2v) is 6.70. The van der Waals surface area contributed by atoms with Crippen LogP contribution in [0.1, 0.15) is 0 Å². The first kappa shape index (κ1) is 17.0. The Labute approximate surface area is 156 Å². The van der Waals surface area contributed by atoms with Gasteiger partial charge in [-0.15, -0.1) is 10.2 Å². The number of benzene rings is 2. The van der Waals surface area contributed by atoms with Crippen LogP contribution < -0.4 is 4.90 Å². The van der Waals surface area contributed by atoms with Gasteiger partial charge in [-0.1, -0.05) is 41.9 Å². The van der Waals surface area contributed by atoms with Crippen LogP contribution in [0.25, 0.3) is 10.9 Å². The van der Waals surface area contributed by atoms with Gasteiger partial charge in [-0.3, -0.25) is 4.57 Å². The van der Waals surface area contributed by atoms with Crippen LogP contribution in [0.3, 0.4) is 0 Å². The molecule has 0 atom stereocenters. The lowest BCUT2D eigenvalue weighted by Crippen LogP contribution is -3.13. The van der Waals surface area contributed by atoms with E-state index in [1.54, 1.807) is 12.1 Å². The van der Waals surface area contributed by atoms with Gasteiger partial charge in [0.05, 0.1) is 23.8 Å². The van der Waals surface area contributed by atoms with Crippen LogP contribution in [0.5, 0.6) is 5.88 Å². The summed E-state index contributed by atoms with van der Waals surface area (Å²) in [6, 6.07) is 15.1. The lowest BCUT2D eigenvalue weighted by molar-refractivity contribution is -0.930.